The van der Waals surface area contributed by atoms with Crippen LogP contribution in [0.4, 0.5) is 0 Å². The molecule has 152 valence electrons. The summed E-state index contributed by atoms with van der Waals surface area (Å²) in [6.07, 6.45) is 2.72. The van der Waals surface area contributed by atoms with Gasteiger partial charge in [-0.05, 0) is 23.1 Å². The van der Waals surface area contributed by atoms with E-state index in [1.54, 1.807) is 0 Å². The average Bonchev–Trinajstić information content (AvgIpc) is 3.17. The lowest BCUT2D eigenvalue weighted by atomic mass is 9.93. The van der Waals surface area contributed by atoms with Gasteiger partial charge in [0.25, 0.3) is 0 Å². The van der Waals surface area contributed by atoms with E-state index < -0.39 is 0 Å². The predicted molar refractivity (Wildman–Crippen MR) is 123 cm³/mol. The minimum absolute atomic E-state index is 0.621. The van der Waals surface area contributed by atoms with E-state index in [0.29, 0.717) is 13.2 Å². The summed E-state index contributed by atoms with van der Waals surface area (Å²) < 4.78 is 12.4. The summed E-state index contributed by atoms with van der Waals surface area (Å²) in [5.41, 5.74) is 6.02. The lowest BCUT2D eigenvalue weighted by molar-refractivity contribution is 0.120. The maximum absolute atomic E-state index is 6.47. The smallest absolute Gasteiger partial charge is 0.114 e. The van der Waals surface area contributed by atoms with E-state index in [2.05, 4.69) is 79.7 Å². The van der Waals surface area contributed by atoms with Crippen LogP contribution in [0.2, 0.25) is 0 Å². The zero-order chi connectivity index (χ0) is 20.6. The van der Waals surface area contributed by atoms with Gasteiger partial charge in [-0.15, -0.1) is 0 Å². The number of aryl methyl sites for hydroxylation is 1. The lowest BCUT2D eigenvalue weighted by Crippen LogP contribution is -1.99. The zero-order valence-electron chi connectivity index (χ0n) is 17.5. The third-order valence-electron chi connectivity index (χ3n) is 5.24. The van der Waals surface area contributed by atoms with Crippen LogP contribution in [-0.4, -0.2) is 6.61 Å². The fourth-order valence-corrected chi connectivity index (χ4v) is 3.86. The van der Waals surface area contributed by atoms with Gasteiger partial charge in [-0.25, -0.2) is 0 Å². The van der Waals surface area contributed by atoms with Crippen LogP contribution in [0.3, 0.4) is 0 Å². The third-order valence-corrected chi connectivity index (χ3v) is 5.24. The first-order chi connectivity index (χ1) is 14.9. The number of furan rings is 1. The maximum atomic E-state index is 6.47. The molecule has 0 amide bonds. The Bertz CT molecular complexity index is 1030. The van der Waals surface area contributed by atoms with E-state index in [-0.39, 0.29) is 0 Å². The molecule has 4 aromatic rings. The molecule has 1 heterocycles. The second-order valence-electron chi connectivity index (χ2n) is 7.47. The second kappa shape index (κ2) is 10.1. The van der Waals surface area contributed by atoms with Crippen molar-refractivity contribution in [3.05, 3.63) is 108 Å². The van der Waals surface area contributed by atoms with Crippen LogP contribution in [0.25, 0.3) is 22.3 Å². The maximum Gasteiger partial charge on any atom is 0.114 e. The Morgan fingerprint density at radius 1 is 0.633 bits per heavy atom. The summed E-state index contributed by atoms with van der Waals surface area (Å²) in [5, 5.41) is 0. The standard InChI is InChI=1S/C28H28O2/c1-2-12-25-27(23-15-8-4-9-16-23)28(24-17-10-5-11-18-24)26(30-25)19-20-29-21-22-13-6-3-7-14-22/h3-11,13-18H,2,12,19-21H2,1H3. The Hall–Kier alpha value is -3.10. The first kappa shape index (κ1) is 20.2. The van der Waals surface area contributed by atoms with Gasteiger partial charge in [0.15, 0.2) is 0 Å². The molecule has 0 saturated heterocycles. The molecule has 0 aliphatic rings. The van der Waals surface area contributed by atoms with Crippen LogP contribution in [0.15, 0.2) is 95.4 Å². The SMILES string of the molecule is CCCc1oc(CCOCc2ccccc2)c(-c2ccccc2)c1-c1ccccc1. The summed E-state index contributed by atoms with van der Waals surface area (Å²) in [7, 11) is 0. The minimum atomic E-state index is 0.621. The molecule has 0 saturated carbocycles. The molecule has 3 aromatic carbocycles. The van der Waals surface area contributed by atoms with Crippen LogP contribution < -0.4 is 0 Å². The summed E-state index contributed by atoms with van der Waals surface area (Å²) in [6.45, 7) is 3.44. The molecule has 1 aromatic heterocycles. The Balaban J connectivity index is 1.65. The van der Waals surface area contributed by atoms with Crippen molar-refractivity contribution < 1.29 is 9.15 Å². The van der Waals surface area contributed by atoms with Crippen LogP contribution in [0, 0.1) is 0 Å². The van der Waals surface area contributed by atoms with Crippen molar-refractivity contribution in [3.63, 3.8) is 0 Å². The molecule has 2 heteroatoms. The third kappa shape index (κ3) is 4.72. The highest BCUT2D eigenvalue weighted by molar-refractivity contribution is 5.86. The molecule has 2 nitrogen and oxygen atoms in total. The van der Waals surface area contributed by atoms with E-state index in [1.807, 2.05) is 18.2 Å². The molecule has 0 aliphatic carbocycles. The molecule has 0 N–H and O–H groups in total. The molecule has 0 unspecified atom stereocenters. The van der Waals surface area contributed by atoms with E-state index in [1.165, 1.54) is 27.8 Å². The molecular weight excluding hydrogens is 368 g/mol. The molecule has 0 spiro atoms. The minimum Gasteiger partial charge on any atom is -0.465 e. The highest BCUT2D eigenvalue weighted by Gasteiger charge is 2.22. The summed E-state index contributed by atoms with van der Waals surface area (Å²) in [6, 6.07) is 31.5. The van der Waals surface area contributed by atoms with Crippen molar-refractivity contribution in [1.82, 2.24) is 0 Å². The van der Waals surface area contributed by atoms with Crippen molar-refractivity contribution >= 4 is 0 Å². The number of benzene rings is 3. The summed E-state index contributed by atoms with van der Waals surface area (Å²) >= 11 is 0. The zero-order valence-corrected chi connectivity index (χ0v) is 17.5. The first-order valence-corrected chi connectivity index (χ1v) is 10.7. The van der Waals surface area contributed by atoms with Gasteiger partial charge in [0, 0.05) is 24.0 Å². The normalized spacial score (nSPS) is 11.0. The molecular formula is C28H28O2. The van der Waals surface area contributed by atoms with Gasteiger partial charge in [-0.3, -0.25) is 0 Å². The van der Waals surface area contributed by atoms with Crippen LogP contribution in [0.5, 0.6) is 0 Å². The van der Waals surface area contributed by atoms with Gasteiger partial charge in [0.05, 0.1) is 13.2 Å². The number of ether oxygens (including phenoxy) is 1. The van der Waals surface area contributed by atoms with Crippen LogP contribution >= 0.6 is 0 Å². The quantitative estimate of drug-likeness (QED) is 0.276. The van der Waals surface area contributed by atoms with Crippen LogP contribution in [0.1, 0.15) is 30.4 Å². The number of hydrogen-bond acceptors (Lipinski definition) is 2. The highest BCUT2D eigenvalue weighted by atomic mass is 16.5. The Labute approximate surface area is 179 Å². The predicted octanol–water partition coefficient (Wildman–Crippen LogP) is 7.33. The number of hydrogen-bond donors (Lipinski definition) is 0. The molecule has 0 radical (unpaired) electrons. The molecule has 0 bridgehead atoms. The van der Waals surface area contributed by atoms with Gasteiger partial charge in [0.1, 0.15) is 11.5 Å². The second-order valence-corrected chi connectivity index (χ2v) is 7.47. The highest BCUT2D eigenvalue weighted by Crippen LogP contribution is 2.40. The fraction of sp³-hybridized carbons (Fsp3) is 0.214. The van der Waals surface area contributed by atoms with Crippen molar-refractivity contribution in [2.75, 3.05) is 6.61 Å². The Kier molecular flexibility index (Phi) is 6.79. The van der Waals surface area contributed by atoms with Crippen molar-refractivity contribution in [2.24, 2.45) is 0 Å². The van der Waals surface area contributed by atoms with Gasteiger partial charge in [-0.1, -0.05) is 97.9 Å². The van der Waals surface area contributed by atoms with E-state index in [9.17, 15) is 0 Å². The van der Waals surface area contributed by atoms with Gasteiger partial charge in [-0.2, -0.15) is 0 Å². The average molecular weight is 397 g/mol. The van der Waals surface area contributed by atoms with E-state index in [4.69, 9.17) is 9.15 Å². The van der Waals surface area contributed by atoms with Crippen molar-refractivity contribution in [2.45, 2.75) is 32.8 Å². The number of rotatable bonds is 9. The summed E-state index contributed by atoms with van der Waals surface area (Å²) in [4.78, 5) is 0. The van der Waals surface area contributed by atoms with E-state index >= 15 is 0 Å². The lowest BCUT2D eigenvalue weighted by Gasteiger charge is -2.08. The fourth-order valence-electron chi connectivity index (χ4n) is 3.86. The first-order valence-electron chi connectivity index (χ1n) is 10.7. The topological polar surface area (TPSA) is 22.4 Å². The molecule has 30 heavy (non-hydrogen) atoms. The Morgan fingerprint density at radius 2 is 1.13 bits per heavy atom. The molecule has 0 atom stereocenters. The van der Waals surface area contributed by atoms with Crippen molar-refractivity contribution in [3.8, 4) is 22.3 Å². The molecule has 4 rings (SSSR count). The monoisotopic (exact) mass is 396 g/mol. The van der Waals surface area contributed by atoms with Gasteiger partial charge >= 0.3 is 0 Å². The van der Waals surface area contributed by atoms with Crippen LogP contribution in [-0.2, 0) is 24.2 Å². The van der Waals surface area contributed by atoms with Crippen molar-refractivity contribution in [1.29, 1.82) is 0 Å². The van der Waals surface area contributed by atoms with E-state index in [0.717, 1.165) is 30.8 Å². The largest absolute Gasteiger partial charge is 0.465 e. The molecule has 0 fully saturated rings. The molecule has 0 aliphatic heterocycles. The summed E-state index contributed by atoms with van der Waals surface area (Å²) in [5.74, 6) is 2.08. The van der Waals surface area contributed by atoms with Gasteiger partial charge in [0.2, 0.25) is 0 Å². The Morgan fingerprint density at radius 3 is 1.67 bits per heavy atom. The van der Waals surface area contributed by atoms with Gasteiger partial charge < -0.3 is 9.15 Å².